The molecule has 0 aliphatic rings. The summed E-state index contributed by atoms with van der Waals surface area (Å²) in [5.41, 5.74) is 9.56. The molecule has 4 heteroatoms. The highest BCUT2D eigenvalue weighted by Crippen LogP contribution is 2.30. The Balaban J connectivity index is 2.50. The number of rotatable bonds is 2. The van der Waals surface area contributed by atoms with Crippen molar-refractivity contribution >= 4 is 11.4 Å². The van der Waals surface area contributed by atoms with E-state index < -0.39 is 4.92 Å². The van der Waals surface area contributed by atoms with Crippen molar-refractivity contribution in [3.63, 3.8) is 0 Å². The lowest BCUT2D eigenvalue weighted by Crippen LogP contribution is -1.93. The zero-order valence-corrected chi connectivity index (χ0v) is 9.38. The third-order valence-electron chi connectivity index (χ3n) is 2.67. The van der Waals surface area contributed by atoms with Gasteiger partial charge in [0.1, 0.15) is 0 Å². The van der Waals surface area contributed by atoms with E-state index in [4.69, 9.17) is 5.73 Å². The van der Waals surface area contributed by atoms with Gasteiger partial charge in [-0.1, -0.05) is 12.1 Å². The normalized spacial score (nSPS) is 10.2. The molecule has 0 bridgehead atoms. The first-order valence-electron chi connectivity index (χ1n) is 5.19. The number of nitrogens with zero attached hydrogens (tertiary/aromatic N) is 1. The first kappa shape index (κ1) is 11.1. The van der Waals surface area contributed by atoms with Crippen molar-refractivity contribution < 1.29 is 4.92 Å². The molecule has 86 valence electrons. The van der Waals surface area contributed by atoms with Gasteiger partial charge in [0, 0.05) is 23.4 Å². The summed E-state index contributed by atoms with van der Waals surface area (Å²) in [5.74, 6) is 0. The Morgan fingerprint density at radius 1 is 1.12 bits per heavy atom. The van der Waals surface area contributed by atoms with Crippen LogP contribution in [0.3, 0.4) is 0 Å². The fourth-order valence-corrected chi connectivity index (χ4v) is 1.83. The van der Waals surface area contributed by atoms with Crippen LogP contribution in [0, 0.1) is 17.0 Å². The first-order valence-corrected chi connectivity index (χ1v) is 5.19. The molecular weight excluding hydrogens is 216 g/mol. The van der Waals surface area contributed by atoms with E-state index in [0.717, 1.165) is 16.7 Å². The van der Waals surface area contributed by atoms with E-state index in [9.17, 15) is 10.1 Å². The van der Waals surface area contributed by atoms with Gasteiger partial charge in [0.15, 0.2) is 0 Å². The van der Waals surface area contributed by atoms with Crippen molar-refractivity contribution in [2.45, 2.75) is 6.92 Å². The van der Waals surface area contributed by atoms with Gasteiger partial charge in [0.2, 0.25) is 0 Å². The Kier molecular flexibility index (Phi) is 2.78. The second-order valence-electron chi connectivity index (χ2n) is 3.84. The lowest BCUT2D eigenvalue weighted by atomic mass is 9.98. The lowest BCUT2D eigenvalue weighted by Gasteiger charge is -2.09. The molecule has 0 atom stereocenters. The standard InChI is InChI=1S/C13H12N2O2/c1-9-3-2-4-12(14)13(9)10-5-7-11(8-6-10)15(16)17/h2-8H,14H2,1H3. The average molecular weight is 228 g/mol. The number of nitro benzene ring substituents is 1. The minimum absolute atomic E-state index is 0.0842. The van der Waals surface area contributed by atoms with E-state index in [-0.39, 0.29) is 5.69 Å². The van der Waals surface area contributed by atoms with Crippen LogP contribution in [0.1, 0.15) is 5.56 Å². The van der Waals surface area contributed by atoms with Crippen molar-refractivity contribution in [3.05, 3.63) is 58.1 Å². The van der Waals surface area contributed by atoms with Crippen LogP contribution < -0.4 is 5.73 Å². The van der Waals surface area contributed by atoms with Gasteiger partial charge in [0.05, 0.1) is 4.92 Å². The molecule has 2 aromatic carbocycles. The van der Waals surface area contributed by atoms with Gasteiger partial charge < -0.3 is 5.73 Å². The second-order valence-corrected chi connectivity index (χ2v) is 3.84. The average Bonchev–Trinajstić information content (AvgIpc) is 2.29. The number of nitrogens with two attached hydrogens (primary N) is 1. The molecule has 4 nitrogen and oxygen atoms in total. The van der Waals surface area contributed by atoms with Crippen LogP contribution in [0.5, 0.6) is 0 Å². The van der Waals surface area contributed by atoms with Gasteiger partial charge in [0.25, 0.3) is 5.69 Å². The zero-order valence-electron chi connectivity index (χ0n) is 9.38. The van der Waals surface area contributed by atoms with E-state index in [2.05, 4.69) is 0 Å². The first-order chi connectivity index (χ1) is 8.09. The third kappa shape index (κ3) is 2.10. The van der Waals surface area contributed by atoms with E-state index in [0.29, 0.717) is 5.69 Å². The largest absolute Gasteiger partial charge is 0.398 e. The van der Waals surface area contributed by atoms with Crippen molar-refractivity contribution in [1.29, 1.82) is 0 Å². The molecule has 0 unspecified atom stereocenters. The second kappa shape index (κ2) is 4.25. The van der Waals surface area contributed by atoms with Crippen LogP contribution in [0.2, 0.25) is 0 Å². The fraction of sp³-hybridized carbons (Fsp3) is 0.0769. The molecular formula is C13H12N2O2. The summed E-state index contributed by atoms with van der Waals surface area (Å²) in [6.07, 6.45) is 0. The molecule has 0 radical (unpaired) electrons. The molecule has 0 aliphatic carbocycles. The van der Waals surface area contributed by atoms with E-state index >= 15 is 0 Å². The molecule has 0 spiro atoms. The third-order valence-corrected chi connectivity index (χ3v) is 2.67. The fourth-order valence-electron chi connectivity index (χ4n) is 1.83. The highest BCUT2D eigenvalue weighted by Gasteiger charge is 2.08. The minimum atomic E-state index is -0.412. The number of aryl methyl sites for hydroxylation is 1. The molecule has 0 aliphatic heterocycles. The topological polar surface area (TPSA) is 69.2 Å². The Labute approximate surface area is 98.8 Å². The molecule has 0 aromatic heterocycles. The van der Waals surface area contributed by atoms with Gasteiger partial charge in [-0.2, -0.15) is 0 Å². The molecule has 0 heterocycles. The highest BCUT2D eigenvalue weighted by atomic mass is 16.6. The smallest absolute Gasteiger partial charge is 0.269 e. The zero-order chi connectivity index (χ0) is 12.4. The van der Waals surface area contributed by atoms with E-state index in [1.807, 2.05) is 25.1 Å². The highest BCUT2D eigenvalue weighted by molar-refractivity contribution is 5.79. The maximum Gasteiger partial charge on any atom is 0.269 e. The molecule has 0 amide bonds. The van der Waals surface area contributed by atoms with Crippen LogP contribution in [0.25, 0.3) is 11.1 Å². The van der Waals surface area contributed by atoms with Crippen molar-refractivity contribution in [2.75, 3.05) is 5.73 Å². The summed E-state index contributed by atoms with van der Waals surface area (Å²) in [6, 6.07) is 12.1. The molecule has 0 fully saturated rings. The van der Waals surface area contributed by atoms with Gasteiger partial charge in [-0.05, 0) is 36.2 Å². The Bertz CT molecular complexity index is 542. The van der Waals surface area contributed by atoms with Crippen molar-refractivity contribution in [3.8, 4) is 11.1 Å². The molecule has 0 saturated carbocycles. The Morgan fingerprint density at radius 2 is 1.76 bits per heavy atom. The minimum Gasteiger partial charge on any atom is -0.398 e. The number of hydrogen-bond donors (Lipinski definition) is 1. The van der Waals surface area contributed by atoms with Crippen LogP contribution in [-0.4, -0.2) is 4.92 Å². The lowest BCUT2D eigenvalue weighted by molar-refractivity contribution is -0.384. The number of nitro groups is 1. The van der Waals surface area contributed by atoms with Crippen LogP contribution in [0.4, 0.5) is 11.4 Å². The summed E-state index contributed by atoms with van der Waals surface area (Å²) < 4.78 is 0. The number of benzene rings is 2. The predicted octanol–water partition coefficient (Wildman–Crippen LogP) is 3.15. The summed E-state index contributed by atoms with van der Waals surface area (Å²) in [7, 11) is 0. The van der Waals surface area contributed by atoms with Gasteiger partial charge in [-0.15, -0.1) is 0 Å². The number of nitrogen functional groups attached to an aromatic ring is 1. The Hall–Kier alpha value is -2.36. The summed E-state index contributed by atoms with van der Waals surface area (Å²) >= 11 is 0. The van der Waals surface area contributed by atoms with Gasteiger partial charge in [-0.25, -0.2) is 0 Å². The van der Waals surface area contributed by atoms with Crippen molar-refractivity contribution in [2.24, 2.45) is 0 Å². The molecule has 2 rings (SSSR count). The maximum absolute atomic E-state index is 10.6. The summed E-state index contributed by atoms with van der Waals surface area (Å²) in [6.45, 7) is 1.97. The predicted molar refractivity (Wildman–Crippen MR) is 67.7 cm³/mol. The van der Waals surface area contributed by atoms with Crippen LogP contribution in [-0.2, 0) is 0 Å². The summed E-state index contributed by atoms with van der Waals surface area (Å²) in [4.78, 5) is 10.2. The van der Waals surface area contributed by atoms with Crippen LogP contribution in [0.15, 0.2) is 42.5 Å². The van der Waals surface area contributed by atoms with E-state index in [1.54, 1.807) is 12.1 Å². The molecule has 17 heavy (non-hydrogen) atoms. The van der Waals surface area contributed by atoms with E-state index in [1.165, 1.54) is 12.1 Å². The maximum atomic E-state index is 10.6. The summed E-state index contributed by atoms with van der Waals surface area (Å²) in [5, 5.41) is 10.6. The molecule has 2 aromatic rings. The SMILES string of the molecule is Cc1cccc(N)c1-c1ccc([N+](=O)[O-])cc1. The monoisotopic (exact) mass is 228 g/mol. The molecule has 0 saturated heterocycles. The number of hydrogen-bond acceptors (Lipinski definition) is 3. The number of non-ortho nitro benzene ring substituents is 1. The Morgan fingerprint density at radius 3 is 2.29 bits per heavy atom. The molecule has 2 N–H and O–H groups in total. The quantitative estimate of drug-likeness (QED) is 0.487. The van der Waals surface area contributed by atoms with Gasteiger partial charge >= 0.3 is 0 Å². The van der Waals surface area contributed by atoms with Crippen LogP contribution >= 0.6 is 0 Å². The van der Waals surface area contributed by atoms with Crippen molar-refractivity contribution in [1.82, 2.24) is 0 Å². The number of anilines is 1. The van der Waals surface area contributed by atoms with Gasteiger partial charge in [-0.3, -0.25) is 10.1 Å².